The zero-order valence-electron chi connectivity index (χ0n) is 16.4. The molecule has 1 aromatic carbocycles. The van der Waals surface area contributed by atoms with Gasteiger partial charge in [-0.1, -0.05) is 30.3 Å². The number of hydrogen-bond donors (Lipinski definition) is 4. The van der Waals surface area contributed by atoms with Crippen LogP contribution in [0.2, 0.25) is 0 Å². The Bertz CT molecular complexity index is 952. The van der Waals surface area contributed by atoms with Gasteiger partial charge in [-0.2, -0.15) is 5.10 Å². The highest BCUT2D eigenvalue weighted by Gasteiger charge is 2.15. The zero-order valence-corrected chi connectivity index (χ0v) is 16.4. The number of benzene rings is 1. The Labute approximate surface area is 169 Å². The van der Waals surface area contributed by atoms with Crippen molar-refractivity contribution in [1.29, 1.82) is 0 Å². The van der Waals surface area contributed by atoms with E-state index in [9.17, 15) is 4.79 Å². The van der Waals surface area contributed by atoms with Crippen molar-refractivity contribution in [1.82, 2.24) is 20.5 Å². The highest BCUT2D eigenvalue weighted by molar-refractivity contribution is 5.94. The summed E-state index contributed by atoms with van der Waals surface area (Å²) in [7, 11) is 0. The van der Waals surface area contributed by atoms with Gasteiger partial charge in [0.25, 0.3) is 0 Å². The van der Waals surface area contributed by atoms with E-state index in [-0.39, 0.29) is 18.2 Å². The molecule has 8 nitrogen and oxygen atoms in total. The van der Waals surface area contributed by atoms with Crippen LogP contribution in [0.3, 0.4) is 0 Å². The summed E-state index contributed by atoms with van der Waals surface area (Å²) in [5.74, 6) is 1.21. The predicted molar refractivity (Wildman–Crippen MR) is 113 cm³/mol. The van der Waals surface area contributed by atoms with Crippen LogP contribution in [0, 0.1) is 0 Å². The fraction of sp³-hybridized carbons (Fsp3) is 0.381. The molecule has 1 saturated heterocycles. The molecule has 29 heavy (non-hydrogen) atoms. The number of carbonyl (C=O) groups excluding carboxylic acids is 1. The molecule has 0 radical (unpaired) electrons. The second kappa shape index (κ2) is 8.91. The lowest BCUT2D eigenvalue weighted by atomic mass is 10.1. The first-order valence-electron chi connectivity index (χ1n) is 10.0. The van der Waals surface area contributed by atoms with E-state index in [1.807, 2.05) is 37.3 Å². The minimum Gasteiger partial charge on any atom is -0.376 e. The number of nitrogens with zero attached hydrogens (tertiary/aromatic N) is 2. The van der Waals surface area contributed by atoms with Crippen LogP contribution in [0.4, 0.5) is 16.4 Å². The van der Waals surface area contributed by atoms with Crippen molar-refractivity contribution in [2.24, 2.45) is 0 Å². The van der Waals surface area contributed by atoms with Gasteiger partial charge in [0.15, 0.2) is 5.82 Å². The lowest BCUT2D eigenvalue weighted by molar-refractivity contribution is 0.0247. The number of H-pyrrole nitrogens is 1. The number of aromatic nitrogens is 3. The van der Waals surface area contributed by atoms with Crippen molar-refractivity contribution >= 4 is 28.6 Å². The van der Waals surface area contributed by atoms with Crippen molar-refractivity contribution in [3.05, 3.63) is 48.2 Å². The van der Waals surface area contributed by atoms with Crippen LogP contribution in [0.15, 0.2) is 42.6 Å². The number of pyridine rings is 1. The highest BCUT2D eigenvalue weighted by atomic mass is 16.5. The monoisotopic (exact) mass is 394 g/mol. The van der Waals surface area contributed by atoms with E-state index >= 15 is 0 Å². The molecule has 1 aliphatic heterocycles. The third-order valence-corrected chi connectivity index (χ3v) is 5.11. The molecule has 1 aliphatic rings. The Morgan fingerprint density at radius 1 is 1.31 bits per heavy atom. The van der Waals surface area contributed by atoms with E-state index in [0.717, 1.165) is 48.3 Å². The third kappa shape index (κ3) is 4.83. The number of hydrogen-bond acceptors (Lipinski definition) is 5. The van der Waals surface area contributed by atoms with Gasteiger partial charge in [-0.3, -0.25) is 10.4 Å². The summed E-state index contributed by atoms with van der Waals surface area (Å²) < 4.78 is 5.74. The molecule has 0 aliphatic carbocycles. The molecule has 2 aromatic heterocycles. The first-order chi connectivity index (χ1) is 14.2. The first-order valence-corrected chi connectivity index (χ1v) is 10.0. The van der Waals surface area contributed by atoms with E-state index in [2.05, 4.69) is 31.1 Å². The molecule has 2 atom stereocenters. The summed E-state index contributed by atoms with van der Waals surface area (Å²) >= 11 is 0. The molecule has 2 amide bonds. The molecular weight excluding hydrogens is 368 g/mol. The van der Waals surface area contributed by atoms with Gasteiger partial charge in [0.2, 0.25) is 0 Å². The second-order valence-corrected chi connectivity index (χ2v) is 7.29. The number of rotatable bonds is 6. The molecule has 4 rings (SSSR count). The van der Waals surface area contributed by atoms with Gasteiger partial charge in [0.1, 0.15) is 5.82 Å². The molecule has 3 heterocycles. The summed E-state index contributed by atoms with van der Waals surface area (Å²) in [6.07, 6.45) is 5.34. The number of amides is 2. The van der Waals surface area contributed by atoms with Crippen LogP contribution >= 0.6 is 0 Å². The SMILES string of the molecule is CC(NC(=O)Nc1cc2[nH]nc(NCC3CCCCO3)c2cn1)c1ccccc1. The summed E-state index contributed by atoms with van der Waals surface area (Å²) in [4.78, 5) is 16.7. The zero-order chi connectivity index (χ0) is 20.1. The summed E-state index contributed by atoms with van der Waals surface area (Å²) in [6.45, 7) is 3.49. The average Bonchev–Trinajstić information content (AvgIpc) is 3.15. The number of fused-ring (bicyclic) bond motifs is 1. The smallest absolute Gasteiger partial charge is 0.320 e. The van der Waals surface area contributed by atoms with Gasteiger partial charge in [-0.05, 0) is 31.7 Å². The van der Waals surface area contributed by atoms with E-state index in [0.29, 0.717) is 5.82 Å². The Kier molecular flexibility index (Phi) is 5.90. The summed E-state index contributed by atoms with van der Waals surface area (Å²) in [5, 5.41) is 17.2. The standard InChI is InChI=1S/C21H26N6O2/c1-14(15-7-3-2-4-8-15)24-21(28)25-19-11-18-17(13-22-19)20(27-26-18)23-12-16-9-5-6-10-29-16/h2-4,7-8,11,13-14,16H,5-6,9-10,12H2,1H3,(H2,23,26,27)(H2,22,24,25,28). The summed E-state index contributed by atoms with van der Waals surface area (Å²) in [5.41, 5.74) is 1.84. The van der Waals surface area contributed by atoms with Crippen molar-refractivity contribution in [2.45, 2.75) is 38.3 Å². The number of carbonyl (C=O) groups is 1. The van der Waals surface area contributed by atoms with Crippen LogP contribution in [-0.4, -0.2) is 40.5 Å². The number of anilines is 2. The molecule has 152 valence electrons. The van der Waals surface area contributed by atoms with Gasteiger partial charge in [0.05, 0.1) is 23.0 Å². The van der Waals surface area contributed by atoms with Gasteiger partial charge in [0, 0.05) is 25.4 Å². The van der Waals surface area contributed by atoms with Crippen molar-refractivity contribution in [3.63, 3.8) is 0 Å². The summed E-state index contributed by atoms with van der Waals surface area (Å²) in [6, 6.07) is 11.2. The van der Waals surface area contributed by atoms with E-state index in [4.69, 9.17) is 4.74 Å². The molecule has 1 fully saturated rings. The minimum absolute atomic E-state index is 0.107. The van der Waals surface area contributed by atoms with Crippen LogP contribution in [0.5, 0.6) is 0 Å². The fourth-order valence-corrected chi connectivity index (χ4v) is 3.47. The molecule has 3 aromatic rings. The van der Waals surface area contributed by atoms with Crippen LogP contribution < -0.4 is 16.0 Å². The number of aromatic amines is 1. The lowest BCUT2D eigenvalue weighted by Crippen LogP contribution is -2.31. The van der Waals surface area contributed by atoms with E-state index in [1.54, 1.807) is 12.3 Å². The molecule has 0 saturated carbocycles. The van der Waals surface area contributed by atoms with Crippen molar-refractivity contribution in [3.8, 4) is 0 Å². The molecule has 0 bridgehead atoms. The number of urea groups is 1. The molecule has 2 unspecified atom stereocenters. The maximum absolute atomic E-state index is 12.3. The minimum atomic E-state index is -0.305. The topological polar surface area (TPSA) is 104 Å². The molecular formula is C21H26N6O2. The van der Waals surface area contributed by atoms with Crippen LogP contribution in [0.1, 0.15) is 37.8 Å². The Morgan fingerprint density at radius 2 is 2.17 bits per heavy atom. The lowest BCUT2D eigenvalue weighted by Gasteiger charge is -2.22. The van der Waals surface area contributed by atoms with Crippen molar-refractivity contribution < 1.29 is 9.53 Å². The van der Waals surface area contributed by atoms with Gasteiger partial charge in [-0.15, -0.1) is 0 Å². The Hall–Kier alpha value is -3.13. The average molecular weight is 394 g/mol. The van der Waals surface area contributed by atoms with E-state index in [1.165, 1.54) is 6.42 Å². The van der Waals surface area contributed by atoms with E-state index < -0.39 is 0 Å². The second-order valence-electron chi connectivity index (χ2n) is 7.29. The largest absolute Gasteiger partial charge is 0.376 e. The third-order valence-electron chi connectivity index (χ3n) is 5.11. The molecule has 8 heteroatoms. The van der Waals surface area contributed by atoms with Gasteiger partial charge < -0.3 is 15.4 Å². The quantitative estimate of drug-likeness (QED) is 0.509. The normalized spacial score (nSPS) is 17.6. The van der Waals surface area contributed by atoms with Crippen molar-refractivity contribution in [2.75, 3.05) is 23.8 Å². The highest BCUT2D eigenvalue weighted by Crippen LogP contribution is 2.22. The Morgan fingerprint density at radius 3 is 2.97 bits per heavy atom. The van der Waals surface area contributed by atoms with Crippen LogP contribution in [-0.2, 0) is 4.74 Å². The number of ether oxygens (including phenoxy) is 1. The molecule has 4 N–H and O–H groups in total. The number of nitrogens with one attached hydrogen (secondary N) is 4. The van der Waals surface area contributed by atoms with Gasteiger partial charge in [-0.25, -0.2) is 9.78 Å². The predicted octanol–water partition coefficient (Wildman–Crippen LogP) is 3.82. The fourth-order valence-electron chi connectivity index (χ4n) is 3.47. The Balaban J connectivity index is 1.35. The maximum Gasteiger partial charge on any atom is 0.320 e. The maximum atomic E-state index is 12.3. The molecule has 0 spiro atoms. The first kappa shape index (κ1) is 19.2. The van der Waals surface area contributed by atoms with Crippen LogP contribution in [0.25, 0.3) is 10.9 Å². The van der Waals surface area contributed by atoms with Gasteiger partial charge >= 0.3 is 6.03 Å².